The lowest BCUT2D eigenvalue weighted by atomic mass is 10.1. The Morgan fingerprint density at radius 3 is 2.60 bits per heavy atom. The maximum atomic E-state index is 13.1. The summed E-state index contributed by atoms with van der Waals surface area (Å²) in [5, 5.41) is 1.23. The lowest BCUT2D eigenvalue weighted by Gasteiger charge is -2.33. The fraction of sp³-hybridized carbons (Fsp3) is 0.286. The number of ether oxygens (including phenoxy) is 1. The standard InChI is InChI=1S/C21H22ClN3O4S/c1-29-20-7-6-15(22)12-21(20)30(27,28)25-10-8-24(9-11-25)14-19(26)17-13-23-18-5-3-2-4-16(17)18/h2-7,12-13,23H,8-11,14H2,1H3. The van der Waals surface area contributed by atoms with Gasteiger partial charge in [0.1, 0.15) is 10.6 Å². The van der Waals surface area contributed by atoms with Crippen molar-refractivity contribution in [1.29, 1.82) is 0 Å². The smallest absolute Gasteiger partial charge is 0.246 e. The zero-order chi connectivity index (χ0) is 21.3. The largest absolute Gasteiger partial charge is 0.495 e. The number of benzene rings is 2. The number of nitrogens with zero attached hydrogens (tertiary/aromatic N) is 2. The van der Waals surface area contributed by atoms with E-state index < -0.39 is 10.0 Å². The first-order chi connectivity index (χ1) is 14.4. The lowest BCUT2D eigenvalue weighted by molar-refractivity contribution is 0.0903. The summed E-state index contributed by atoms with van der Waals surface area (Å²) in [6.45, 7) is 1.76. The second-order valence-corrected chi connectivity index (χ2v) is 9.49. The van der Waals surface area contributed by atoms with Crippen molar-refractivity contribution in [2.75, 3.05) is 39.8 Å². The van der Waals surface area contributed by atoms with Gasteiger partial charge in [0.15, 0.2) is 5.78 Å². The van der Waals surface area contributed by atoms with Crippen LogP contribution in [0.3, 0.4) is 0 Å². The molecule has 0 aliphatic carbocycles. The number of Topliss-reactive ketones (excluding diaryl/α,β-unsaturated/α-hetero) is 1. The average molecular weight is 448 g/mol. The van der Waals surface area contributed by atoms with Gasteiger partial charge in [-0.2, -0.15) is 4.31 Å². The number of piperazine rings is 1. The normalized spacial score (nSPS) is 16.1. The van der Waals surface area contributed by atoms with Gasteiger partial charge in [-0.05, 0) is 24.3 Å². The molecule has 0 radical (unpaired) electrons. The van der Waals surface area contributed by atoms with Crippen molar-refractivity contribution < 1.29 is 17.9 Å². The van der Waals surface area contributed by atoms with E-state index in [0.717, 1.165) is 10.9 Å². The number of carbonyl (C=O) groups excluding carboxylic acids is 1. The molecule has 158 valence electrons. The van der Waals surface area contributed by atoms with Gasteiger partial charge in [0.05, 0.1) is 13.7 Å². The molecule has 7 nitrogen and oxygen atoms in total. The van der Waals surface area contributed by atoms with Gasteiger partial charge in [0.25, 0.3) is 0 Å². The van der Waals surface area contributed by atoms with Crippen molar-refractivity contribution in [3.05, 3.63) is 59.2 Å². The fourth-order valence-electron chi connectivity index (χ4n) is 3.71. The zero-order valence-corrected chi connectivity index (χ0v) is 18.0. The Hall–Kier alpha value is -2.39. The van der Waals surface area contributed by atoms with Crippen molar-refractivity contribution in [3.63, 3.8) is 0 Å². The maximum Gasteiger partial charge on any atom is 0.246 e. The van der Waals surface area contributed by atoms with E-state index in [1.807, 2.05) is 29.2 Å². The van der Waals surface area contributed by atoms with Crippen LogP contribution >= 0.6 is 11.6 Å². The predicted molar refractivity (Wildman–Crippen MR) is 116 cm³/mol. The Morgan fingerprint density at radius 2 is 1.87 bits per heavy atom. The van der Waals surface area contributed by atoms with Crippen molar-refractivity contribution in [2.24, 2.45) is 0 Å². The number of nitrogens with one attached hydrogen (secondary N) is 1. The molecule has 30 heavy (non-hydrogen) atoms. The maximum absolute atomic E-state index is 13.1. The Labute approximate surface area is 180 Å². The molecule has 0 saturated carbocycles. The molecule has 1 aliphatic heterocycles. The molecule has 1 fully saturated rings. The molecule has 0 bridgehead atoms. The Bertz CT molecular complexity index is 1180. The van der Waals surface area contributed by atoms with E-state index >= 15 is 0 Å². The first-order valence-corrected chi connectivity index (χ1v) is 11.4. The number of halogens is 1. The number of aromatic amines is 1. The van der Waals surface area contributed by atoms with E-state index in [2.05, 4.69) is 4.98 Å². The number of carbonyl (C=O) groups is 1. The van der Waals surface area contributed by atoms with Crippen LogP contribution in [0.15, 0.2) is 53.6 Å². The summed E-state index contributed by atoms with van der Waals surface area (Å²) in [5.74, 6) is 0.275. The molecule has 3 aromatic rings. The van der Waals surface area contributed by atoms with Crippen LogP contribution in [0.1, 0.15) is 10.4 Å². The molecule has 2 heterocycles. The van der Waals surface area contributed by atoms with E-state index in [0.29, 0.717) is 36.8 Å². The SMILES string of the molecule is COc1ccc(Cl)cc1S(=O)(=O)N1CCN(CC(=O)c2c[nH]c3ccccc23)CC1. The molecule has 1 aromatic heterocycles. The summed E-state index contributed by atoms with van der Waals surface area (Å²) >= 11 is 6.00. The highest BCUT2D eigenvalue weighted by Crippen LogP contribution is 2.30. The summed E-state index contributed by atoms with van der Waals surface area (Å²) in [5.41, 5.74) is 1.58. The van der Waals surface area contributed by atoms with Crippen LogP contribution in [-0.4, -0.2) is 68.2 Å². The highest BCUT2D eigenvalue weighted by molar-refractivity contribution is 7.89. The molecule has 1 aliphatic rings. The van der Waals surface area contributed by atoms with E-state index in [9.17, 15) is 13.2 Å². The number of hydrogen-bond donors (Lipinski definition) is 1. The Kier molecular flexibility index (Phi) is 5.84. The van der Waals surface area contributed by atoms with Crippen molar-refractivity contribution in [1.82, 2.24) is 14.2 Å². The van der Waals surface area contributed by atoms with Crippen molar-refractivity contribution in [2.45, 2.75) is 4.90 Å². The van der Waals surface area contributed by atoms with Crippen LogP contribution in [0.2, 0.25) is 5.02 Å². The highest BCUT2D eigenvalue weighted by Gasteiger charge is 2.31. The summed E-state index contributed by atoms with van der Waals surface area (Å²) < 4.78 is 32.8. The van der Waals surface area contributed by atoms with Gasteiger partial charge in [0.2, 0.25) is 10.0 Å². The summed E-state index contributed by atoms with van der Waals surface area (Å²) in [7, 11) is -2.32. The van der Waals surface area contributed by atoms with Crippen molar-refractivity contribution in [3.8, 4) is 5.75 Å². The molecular weight excluding hydrogens is 426 g/mol. The first kappa shape index (κ1) is 20.9. The summed E-state index contributed by atoms with van der Waals surface area (Å²) in [4.78, 5) is 17.9. The monoisotopic (exact) mass is 447 g/mol. The third-order valence-electron chi connectivity index (χ3n) is 5.33. The topological polar surface area (TPSA) is 82.7 Å². The van der Waals surface area contributed by atoms with Gasteiger partial charge < -0.3 is 9.72 Å². The molecule has 2 aromatic carbocycles. The van der Waals surface area contributed by atoms with Crippen LogP contribution < -0.4 is 4.74 Å². The molecular formula is C21H22ClN3O4S. The van der Waals surface area contributed by atoms with Gasteiger partial charge >= 0.3 is 0 Å². The zero-order valence-electron chi connectivity index (χ0n) is 16.5. The minimum atomic E-state index is -3.74. The number of ketones is 1. The molecule has 4 rings (SSSR count). The van der Waals surface area contributed by atoms with Gasteiger partial charge in [-0.15, -0.1) is 0 Å². The quantitative estimate of drug-likeness (QED) is 0.587. The second-order valence-electron chi connectivity index (χ2n) is 7.15. The third-order valence-corrected chi connectivity index (χ3v) is 7.49. The molecule has 0 atom stereocenters. The molecule has 9 heteroatoms. The average Bonchev–Trinajstić information content (AvgIpc) is 3.18. The number of aromatic nitrogens is 1. The van der Waals surface area contributed by atoms with Gasteiger partial charge in [0, 0.05) is 53.9 Å². The fourth-order valence-corrected chi connectivity index (χ4v) is 5.55. The Balaban J connectivity index is 1.44. The van der Waals surface area contributed by atoms with E-state index in [1.165, 1.54) is 17.5 Å². The van der Waals surface area contributed by atoms with Crippen molar-refractivity contribution >= 4 is 38.3 Å². The second kappa shape index (κ2) is 8.39. The van der Waals surface area contributed by atoms with E-state index in [-0.39, 0.29) is 23.0 Å². The minimum Gasteiger partial charge on any atom is -0.495 e. The highest BCUT2D eigenvalue weighted by atomic mass is 35.5. The van der Waals surface area contributed by atoms with Crippen LogP contribution in [0.5, 0.6) is 5.75 Å². The number of methoxy groups -OCH3 is 1. The number of sulfonamides is 1. The van der Waals surface area contributed by atoms with Gasteiger partial charge in [-0.3, -0.25) is 9.69 Å². The van der Waals surface area contributed by atoms with Crippen LogP contribution in [-0.2, 0) is 10.0 Å². The lowest BCUT2D eigenvalue weighted by Crippen LogP contribution is -2.49. The number of hydrogen-bond acceptors (Lipinski definition) is 5. The number of fused-ring (bicyclic) bond motifs is 1. The molecule has 0 unspecified atom stereocenters. The third kappa shape index (κ3) is 3.96. The molecule has 0 amide bonds. The van der Waals surface area contributed by atoms with Gasteiger partial charge in [-0.25, -0.2) is 8.42 Å². The van der Waals surface area contributed by atoms with Crippen LogP contribution in [0.25, 0.3) is 10.9 Å². The predicted octanol–water partition coefficient (Wildman–Crippen LogP) is 3.02. The van der Waals surface area contributed by atoms with Crippen LogP contribution in [0, 0.1) is 0 Å². The number of para-hydroxylation sites is 1. The number of rotatable bonds is 6. The summed E-state index contributed by atoms with van der Waals surface area (Å²) in [6, 6.07) is 12.2. The minimum absolute atomic E-state index is 0.0141. The van der Waals surface area contributed by atoms with E-state index in [1.54, 1.807) is 18.3 Å². The first-order valence-electron chi connectivity index (χ1n) is 9.55. The summed E-state index contributed by atoms with van der Waals surface area (Å²) in [6.07, 6.45) is 1.74. The molecule has 0 spiro atoms. The number of H-pyrrole nitrogens is 1. The van der Waals surface area contributed by atoms with Gasteiger partial charge in [-0.1, -0.05) is 29.8 Å². The molecule has 1 saturated heterocycles. The Morgan fingerprint density at radius 1 is 1.13 bits per heavy atom. The van der Waals surface area contributed by atoms with Crippen LogP contribution in [0.4, 0.5) is 0 Å². The van der Waals surface area contributed by atoms with E-state index in [4.69, 9.17) is 16.3 Å². The molecule has 1 N–H and O–H groups in total.